The number of hydrogen-bond donors (Lipinski definition) is 0. The van der Waals surface area contributed by atoms with E-state index in [1.165, 1.54) is 12.1 Å². The fraction of sp³-hybridized carbons (Fsp3) is 0.619. The van der Waals surface area contributed by atoms with Crippen LogP contribution in [0.5, 0.6) is 0 Å². The van der Waals surface area contributed by atoms with Gasteiger partial charge in [0.2, 0.25) is 11.8 Å². The molecule has 3 saturated heterocycles. The van der Waals surface area contributed by atoms with E-state index >= 15 is 0 Å². The Bertz CT molecular complexity index is 729. The number of ether oxygens (including phenoxy) is 1. The Kier molecular flexibility index (Phi) is 4.70. The van der Waals surface area contributed by atoms with Gasteiger partial charge in [0.1, 0.15) is 5.82 Å². The number of carbonyl (C=O) groups is 2. The summed E-state index contributed by atoms with van der Waals surface area (Å²) in [5.74, 6) is -0.0634. The summed E-state index contributed by atoms with van der Waals surface area (Å²) >= 11 is 0. The molecular formula is C21H27FN2O3. The molecule has 0 unspecified atom stereocenters. The molecule has 3 aliphatic rings. The highest BCUT2D eigenvalue weighted by molar-refractivity contribution is 5.91. The topological polar surface area (TPSA) is 49.9 Å². The first-order valence-corrected chi connectivity index (χ1v) is 9.86. The molecule has 0 aliphatic carbocycles. The fourth-order valence-electron chi connectivity index (χ4n) is 5.11. The van der Waals surface area contributed by atoms with Gasteiger partial charge in [0.15, 0.2) is 0 Å². The van der Waals surface area contributed by atoms with Crippen molar-refractivity contribution in [2.45, 2.75) is 37.5 Å². The molecule has 0 saturated carbocycles. The molecule has 4 rings (SSSR count). The van der Waals surface area contributed by atoms with Gasteiger partial charge in [-0.2, -0.15) is 0 Å². The molecule has 3 heterocycles. The maximum atomic E-state index is 13.7. The second-order valence-corrected chi connectivity index (χ2v) is 8.29. The first-order chi connectivity index (χ1) is 13.0. The van der Waals surface area contributed by atoms with E-state index in [4.69, 9.17) is 4.74 Å². The molecule has 6 heteroatoms. The van der Waals surface area contributed by atoms with Crippen LogP contribution in [0.4, 0.5) is 4.39 Å². The Labute approximate surface area is 159 Å². The van der Waals surface area contributed by atoms with Crippen molar-refractivity contribution in [3.8, 4) is 0 Å². The Morgan fingerprint density at radius 1 is 1.07 bits per heavy atom. The zero-order chi connectivity index (χ0) is 19.1. The van der Waals surface area contributed by atoms with Crippen LogP contribution >= 0.6 is 0 Å². The van der Waals surface area contributed by atoms with Gasteiger partial charge in [-0.05, 0) is 49.8 Å². The molecule has 0 bridgehead atoms. The van der Waals surface area contributed by atoms with E-state index in [9.17, 15) is 14.0 Å². The second kappa shape index (κ2) is 6.89. The molecule has 3 aliphatic heterocycles. The number of nitrogens with zero attached hydrogens (tertiary/aromatic N) is 2. The lowest BCUT2D eigenvalue weighted by Crippen LogP contribution is -2.52. The average Bonchev–Trinajstić information content (AvgIpc) is 3.11. The maximum Gasteiger partial charge on any atom is 0.233 e. The van der Waals surface area contributed by atoms with E-state index in [2.05, 4.69) is 0 Å². The summed E-state index contributed by atoms with van der Waals surface area (Å²) < 4.78 is 19.0. The van der Waals surface area contributed by atoms with Gasteiger partial charge in [-0.15, -0.1) is 0 Å². The number of hydrogen-bond acceptors (Lipinski definition) is 3. The molecule has 3 fully saturated rings. The number of amides is 2. The number of halogens is 1. The van der Waals surface area contributed by atoms with Crippen LogP contribution in [-0.2, 0) is 19.7 Å². The molecule has 1 spiro atoms. The molecule has 0 N–H and O–H groups in total. The predicted molar refractivity (Wildman–Crippen MR) is 98.6 cm³/mol. The molecular weight excluding hydrogens is 347 g/mol. The first kappa shape index (κ1) is 18.4. The highest BCUT2D eigenvalue weighted by atomic mass is 19.1. The van der Waals surface area contributed by atoms with Crippen LogP contribution in [0.3, 0.4) is 0 Å². The number of benzene rings is 1. The molecule has 1 aromatic rings. The van der Waals surface area contributed by atoms with Gasteiger partial charge < -0.3 is 14.5 Å². The monoisotopic (exact) mass is 374 g/mol. The Balaban J connectivity index is 1.61. The van der Waals surface area contributed by atoms with E-state index in [1.807, 2.05) is 16.8 Å². The van der Waals surface area contributed by atoms with Crippen molar-refractivity contribution in [1.82, 2.24) is 9.80 Å². The molecule has 27 heavy (non-hydrogen) atoms. The Morgan fingerprint density at radius 3 is 2.48 bits per heavy atom. The third-order valence-electron chi connectivity index (χ3n) is 6.74. The van der Waals surface area contributed by atoms with Crippen LogP contribution in [0.2, 0.25) is 0 Å². The molecule has 5 nitrogen and oxygen atoms in total. The third-order valence-corrected chi connectivity index (χ3v) is 6.74. The van der Waals surface area contributed by atoms with Crippen molar-refractivity contribution in [1.29, 1.82) is 0 Å². The summed E-state index contributed by atoms with van der Waals surface area (Å²) in [6.07, 6.45) is 3.76. The van der Waals surface area contributed by atoms with Crippen molar-refractivity contribution >= 4 is 11.8 Å². The van der Waals surface area contributed by atoms with Gasteiger partial charge in [0.05, 0.1) is 10.8 Å². The van der Waals surface area contributed by atoms with Crippen molar-refractivity contribution in [2.24, 2.45) is 5.41 Å². The number of rotatable bonds is 2. The van der Waals surface area contributed by atoms with E-state index in [0.29, 0.717) is 39.1 Å². The Morgan fingerprint density at radius 2 is 1.78 bits per heavy atom. The van der Waals surface area contributed by atoms with Gasteiger partial charge in [0.25, 0.3) is 0 Å². The van der Waals surface area contributed by atoms with Crippen LogP contribution in [0.15, 0.2) is 24.3 Å². The molecule has 1 atom stereocenters. The zero-order valence-electron chi connectivity index (χ0n) is 15.9. The van der Waals surface area contributed by atoms with Crippen LogP contribution in [-0.4, -0.2) is 61.5 Å². The van der Waals surface area contributed by atoms with Crippen LogP contribution in [0, 0.1) is 11.2 Å². The average molecular weight is 374 g/mol. The van der Waals surface area contributed by atoms with E-state index in [0.717, 1.165) is 31.4 Å². The first-order valence-electron chi connectivity index (χ1n) is 9.86. The maximum absolute atomic E-state index is 13.7. The van der Waals surface area contributed by atoms with E-state index in [1.54, 1.807) is 12.1 Å². The molecule has 2 amide bonds. The van der Waals surface area contributed by atoms with Gasteiger partial charge in [0, 0.05) is 39.9 Å². The van der Waals surface area contributed by atoms with Crippen LogP contribution in [0.25, 0.3) is 0 Å². The van der Waals surface area contributed by atoms with E-state index in [-0.39, 0.29) is 17.6 Å². The van der Waals surface area contributed by atoms with Gasteiger partial charge in [-0.25, -0.2) is 4.39 Å². The van der Waals surface area contributed by atoms with Crippen LogP contribution < -0.4 is 0 Å². The molecule has 1 aromatic carbocycles. The van der Waals surface area contributed by atoms with Crippen molar-refractivity contribution in [3.63, 3.8) is 0 Å². The number of piperidine rings is 1. The summed E-state index contributed by atoms with van der Waals surface area (Å²) in [4.78, 5) is 30.2. The minimum Gasteiger partial charge on any atom is -0.381 e. The Hall–Kier alpha value is -1.95. The lowest BCUT2D eigenvalue weighted by Gasteiger charge is -2.41. The highest BCUT2D eigenvalue weighted by Gasteiger charge is 2.52. The van der Waals surface area contributed by atoms with Crippen molar-refractivity contribution in [2.75, 3.05) is 39.9 Å². The number of likely N-dealkylation sites (tertiary alicyclic amines) is 2. The second-order valence-electron chi connectivity index (χ2n) is 8.29. The van der Waals surface area contributed by atoms with Crippen LogP contribution in [0.1, 0.15) is 37.7 Å². The van der Waals surface area contributed by atoms with Gasteiger partial charge in [-0.1, -0.05) is 12.1 Å². The quantitative estimate of drug-likeness (QED) is 0.798. The smallest absolute Gasteiger partial charge is 0.233 e. The third kappa shape index (κ3) is 3.04. The summed E-state index contributed by atoms with van der Waals surface area (Å²) in [6, 6.07) is 6.30. The van der Waals surface area contributed by atoms with Gasteiger partial charge >= 0.3 is 0 Å². The standard InChI is InChI=1S/C21H27FN2O3/c1-23-11-2-7-20(18(23)25)8-12-24(15-20)19(26)21(9-13-27-14-10-21)16-3-5-17(22)6-4-16/h3-6H,2,7-15H2,1H3/t20-/m1/s1. The predicted octanol–water partition coefficient (Wildman–Crippen LogP) is 2.34. The summed E-state index contributed by atoms with van der Waals surface area (Å²) in [5, 5.41) is 0. The van der Waals surface area contributed by atoms with Crippen molar-refractivity contribution < 1.29 is 18.7 Å². The number of carbonyl (C=O) groups excluding carboxylic acids is 2. The fourth-order valence-corrected chi connectivity index (χ4v) is 5.11. The summed E-state index contributed by atoms with van der Waals surface area (Å²) in [6.45, 7) is 2.94. The molecule has 0 radical (unpaired) electrons. The molecule has 0 aromatic heterocycles. The highest BCUT2D eigenvalue weighted by Crippen LogP contribution is 2.43. The summed E-state index contributed by atoms with van der Waals surface area (Å²) in [7, 11) is 1.85. The minimum atomic E-state index is -0.679. The normalized spacial score (nSPS) is 28.0. The lowest BCUT2D eigenvalue weighted by molar-refractivity contribution is -0.146. The summed E-state index contributed by atoms with van der Waals surface area (Å²) in [5.41, 5.74) is -0.246. The van der Waals surface area contributed by atoms with Gasteiger partial charge in [-0.3, -0.25) is 9.59 Å². The largest absolute Gasteiger partial charge is 0.381 e. The van der Waals surface area contributed by atoms with Crippen molar-refractivity contribution in [3.05, 3.63) is 35.6 Å². The lowest BCUT2D eigenvalue weighted by atomic mass is 9.72. The SMILES string of the molecule is CN1CCC[C@]2(CCN(C(=O)C3(c4ccc(F)cc4)CCOCC3)C2)C1=O. The minimum absolute atomic E-state index is 0.0651. The molecule has 146 valence electrons. The zero-order valence-corrected chi connectivity index (χ0v) is 15.9. The van der Waals surface area contributed by atoms with E-state index < -0.39 is 10.8 Å².